The van der Waals surface area contributed by atoms with Crippen LogP contribution in [-0.4, -0.2) is 84.0 Å². The Labute approximate surface area is 236 Å². The summed E-state index contributed by atoms with van der Waals surface area (Å²) < 4.78 is 5.31. The third kappa shape index (κ3) is 8.61. The smallest absolute Gasteiger partial charge is 0.223 e. The van der Waals surface area contributed by atoms with Gasteiger partial charge in [0.05, 0.1) is 12.7 Å². The van der Waals surface area contributed by atoms with Gasteiger partial charge in [-0.15, -0.1) is 0 Å². The van der Waals surface area contributed by atoms with Gasteiger partial charge in [0, 0.05) is 68.3 Å². The molecule has 2 heterocycles. The summed E-state index contributed by atoms with van der Waals surface area (Å²) in [5.74, 6) is 3.05. The zero-order valence-corrected chi connectivity index (χ0v) is 25.1. The van der Waals surface area contributed by atoms with Crippen LogP contribution >= 0.6 is 0 Å². The fourth-order valence-electron chi connectivity index (χ4n) is 6.49. The second-order valence-electron chi connectivity index (χ2n) is 13.4. The second kappa shape index (κ2) is 13.7. The van der Waals surface area contributed by atoms with Crippen LogP contribution in [0.2, 0.25) is 0 Å². The van der Waals surface area contributed by atoms with E-state index in [1.807, 2.05) is 0 Å². The Morgan fingerprint density at radius 1 is 1.08 bits per heavy atom. The van der Waals surface area contributed by atoms with E-state index in [1.54, 1.807) is 7.11 Å². The van der Waals surface area contributed by atoms with Gasteiger partial charge in [-0.2, -0.15) is 0 Å². The fraction of sp³-hybridized carbons (Fsp3) is 0.839. The van der Waals surface area contributed by atoms with E-state index in [0.717, 1.165) is 94.4 Å². The van der Waals surface area contributed by atoms with Gasteiger partial charge < -0.3 is 20.1 Å². The minimum Gasteiger partial charge on any atom is -0.393 e. The first-order valence-corrected chi connectivity index (χ1v) is 15.5. The Morgan fingerprint density at radius 3 is 2.44 bits per heavy atom. The van der Waals surface area contributed by atoms with Crippen molar-refractivity contribution in [1.29, 1.82) is 0 Å². The predicted molar refractivity (Wildman–Crippen MR) is 156 cm³/mol. The first-order valence-electron chi connectivity index (χ1n) is 15.5. The van der Waals surface area contributed by atoms with Gasteiger partial charge in [-0.25, -0.2) is 9.97 Å². The number of piperazine rings is 1. The van der Waals surface area contributed by atoms with Gasteiger partial charge >= 0.3 is 0 Å². The number of aliphatic hydroxyl groups is 1. The number of hydrogen-bond acceptors (Lipinski definition) is 7. The number of methoxy groups -OCH3 is 1. The summed E-state index contributed by atoms with van der Waals surface area (Å²) in [7, 11) is 1.74. The molecule has 1 saturated heterocycles. The molecule has 220 valence electrons. The van der Waals surface area contributed by atoms with Crippen molar-refractivity contribution in [2.45, 2.75) is 116 Å². The number of nitrogens with one attached hydrogen (secondary N) is 1. The number of hydrogen-bond donors (Lipinski definition) is 2. The summed E-state index contributed by atoms with van der Waals surface area (Å²) in [6.07, 6.45) is 9.68. The summed E-state index contributed by atoms with van der Waals surface area (Å²) in [5, 5.41) is 13.0. The van der Waals surface area contributed by atoms with Gasteiger partial charge in [0.1, 0.15) is 11.6 Å². The van der Waals surface area contributed by atoms with Crippen LogP contribution in [0.4, 0.5) is 5.82 Å². The highest BCUT2D eigenvalue weighted by atomic mass is 16.5. The van der Waals surface area contributed by atoms with E-state index in [-0.39, 0.29) is 23.3 Å². The van der Waals surface area contributed by atoms with Crippen molar-refractivity contribution < 1.29 is 14.6 Å². The zero-order valence-electron chi connectivity index (χ0n) is 25.1. The van der Waals surface area contributed by atoms with Crippen LogP contribution in [0.5, 0.6) is 0 Å². The van der Waals surface area contributed by atoms with Gasteiger partial charge in [0.2, 0.25) is 5.91 Å². The molecule has 1 aliphatic heterocycles. The molecule has 8 nitrogen and oxygen atoms in total. The third-order valence-electron chi connectivity index (χ3n) is 9.12. The highest BCUT2D eigenvalue weighted by Crippen LogP contribution is 2.30. The molecule has 3 fully saturated rings. The van der Waals surface area contributed by atoms with E-state index in [2.05, 4.69) is 48.9 Å². The largest absolute Gasteiger partial charge is 0.393 e. The van der Waals surface area contributed by atoms with E-state index < -0.39 is 0 Å². The standard InChI is InChI=1S/C31H53N5O3/c1-22-21-35(17-18-36(22)28-20-26(15-19-39-5)33-30(34-28)31(2,3)4)16-14-23-6-10-25(11-7-23)32-29(38)24-8-12-27(37)13-9-24/h20,22-25,27,37H,6-19,21H2,1-5H3,(H,32,38)/t22-,23-,24-,25+,27+/m1/s1. The van der Waals surface area contributed by atoms with Gasteiger partial charge in [0.25, 0.3) is 0 Å². The molecule has 2 N–H and O–H groups in total. The van der Waals surface area contributed by atoms with Gasteiger partial charge in [0.15, 0.2) is 0 Å². The molecule has 2 aliphatic carbocycles. The highest BCUT2D eigenvalue weighted by molar-refractivity contribution is 5.79. The molecule has 0 unspecified atom stereocenters. The lowest BCUT2D eigenvalue weighted by atomic mass is 9.83. The van der Waals surface area contributed by atoms with E-state index >= 15 is 0 Å². The molecule has 4 rings (SSSR count). The molecule has 1 atom stereocenters. The molecule has 0 spiro atoms. The molecule has 0 radical (unpaired) electrons. The predicted octanol–water partition coefficient (Wildman–Crippen LogP) is 4.09. The lowest BCUT2D eigenvalue weighted by Crippen LogP contribution is -2.52. The maximum absolute atomic E-state index is 12.7. The molecule has 0 aromatic carbocycles. The van der Waals surface area contributed by atoms with Crippen molar-refractivity contribution in [3.8, 4) is 0 Å². The Balaban J connectivity index is 1.21. The minimum atomic E-state index is -0.206. The number of anilines is 1. The van der Waals surface area contributed by atoms with Gasteiger partial charge in [-0.05, 0) is 77.2 Å². The Morgan fingerprint density at radius 2 is 1.79 bits per heavy atom. The number of aromatic nitrogens is 2. The molecular formula is C31H53N5O3. The average molecular weight is 544 g/mol. The summed E-state index contributed by atoms with van der Waals surface area (Å²) in [5.41, 5.74) is 0.968. The second-order valence-corrected chi connectivity index (χ2v) is 13.4. The normalized spacial score (nSPS) is 28.9. The number of nitrogens with zero attached hydrogens (tertiary/aromatic N) is 4. The summed E-state index contributed by atoms with van der Waals surface area (Å²) in [6.45, 7) is 13.8. The number of carbonyl (C=O) groups excluding carboxylic acids is 1. The lowest BCUT2D eigenvalue weighted by Gasteiger charge is -2.41. The van der Waals surface area contributed by atoms with E-state index in [1.165, 1.54) is 19.3 Å². The molecule has 1 amide bonds. The molecular weight excluding hydrogens is 490 g/mol. The topological polar surface area (TPSA) is 90.8 Å². The zero-order chi connectivity index (χ0) is 28.0. The van der Waals surface area contributed by atoms with E-state index in [4.69, 9.17) is 14.7 Å². The molecule has 0 bridgehead atoms. The van der Waals surface area contributed by atoms with Crippen LogP contribution in [0.15, 0.2) is 6.07 Å². The number of amides is 1. The first-order chi connectivity index (χ1) is 18.6. The average Bonchev–Trinajstić information content (AvgIpc) is 2.91. The first kappa shape index (κ1) is 30.2. The van der Waals surface area contributed by atoms with Crippen LogP contribution in [-0.2, 0) is 21.4 Å². The lowest BCUT2D eigenvalue weighted by molar-refractivity contribution is -0.127. The van der Waals surface area contributed by atoms with Crippen LogP contribution < -0.4 is 10.2 Å². The van der Waals surface area contributed by atoms with Crippen molar-refractivity contribution in [1.82, 2.24) is 20.2 Å². The van der Waals surface area contributed by atoms with Crippen molar-refractivity contribution in [2.75, 3.05) is 44.8 Å². The fourth-order valence-corrected chi connectivity index (χ4v) is 6.49. The summed E-state index contributed by atoms with van der Waals surface area (Å²) in [6, 6.07) is 2.90. The van der Waals surface area contributed by atoms with Crippen LogP contribution in [0, 0.1) is 11.8 Å². The van der Waals surface area contributed by atoms with Crippen LogP contribution in [0.1, 0.15) is 97.0 Å². The minimum absolute atomic E-state index is 0.0931. The summed E-state index contributed by atoms with van der Waals surface area (Å²) in [4.78, 5) is 27.6. The maximum Gasteiger partial charge on any atom is 0.223 e. The number of carbonyl (C=O) groups is 1. The molecule has 1 aromatic heterocycles. The van der Waals surface area contributed by atoms with Crippen molar-refractivity contribution in [3.05, 3.63) is 17.6 Å². The quantitative estimate of drug-likeness (QED) is 0.485. The number of rotatable bonds is 9. The Bertz CT molecular complexity index is 919. The molecule has 39 heavy (non-hydrogen) atoms. The number of ether oxygens (including phenoxy) is 1. The summed E-state index contributed by atoms with van der Waals surface area (Å²) >= 11 is 0. The van der Waals surface area contributed by atoms with Crippen molar-refractivity contribution >= 4 is 11.7 Å². The van der Waals surface area contributed by atoms with Crippen LogP contribution in [0.3, 0.4) is 0 Å². The van der Waals surface area contributed by atoms with Crippen LogP contribution in [0.25, 0.3) is 0 Å². The van der Waals surface area contributed by atoms with Crippen molar-refractivity contribution in [2.24, 2.45) is 11.8 Å². The Hall–Kier alpha value is -1.77. The van der Waals surface area contributed by atoms with Gasteiger partial charge in [-0.1, -0.05) is 20.8 Å². The Kier molecular flexibility index (Phi) is 10.6. The SMILES string of the molecule is COCCc1cc(N2CCN(CC[C@H]3CC[C@@H](NC(=O)[C@H]4CC[C@@H](O)CC4)CC3)C[C@H]2C)nc(C(C)(C)C)n1. The van der Waals surface area contributed by atoms with Gasteiger partial charge in [-0.3, -0.25) is 9.69 Å². The molecule has 8 heteroatoms. The highest BCUT2D eigenvalue weighted by Gasteiger charge is 2.30. The number of aliphatic hydroxyl groups excluding tert-OH is 1. The van der Waals surface area contributed by atoms with E-state index in [0.29, 0.717) is 18.7 Å². The molecule has 2 saturated carbocycles. The monoisotopic (exact) mass is 543 g/mol. The van der Waals surface area contributed by atoms with E-state index in [9.17, 15) is 9.90 Å². The third-order valence-corrected chi connectivity index (χ3v) is 9.12. The van der Waals surface area contributed by atoms with Crippen molar-refractivity contribution in [3.63, 3.8) is 0 Å². The molecule has 1 aromatic rings. The molecule has 3 aliphatic rings. The maximum atomic E-state index is 12.7.